The third-order valence-electron chi connectivity index (χ3n) is 1.99. The van der Waals surface area contributed by atoms with Gasteiger partial charge in [0.05, 0.1) is 13.5 Å². The van der Waals surface area contributed by atoms with Crippen LogP contribution in [0.5, 0.6) is 5.75 Å². The maximum atomic E-state index is 11.7. The molecule has 0 heterocycles. The molecule has 0 spiro atoms. The number of ketones is 1. The highest BCUT2D eigenvalue weighted by Gasteiger charge is 2.20. The predicted molar refractivity (Wildman–Crippen MR) is 59.2 cm³/mol. The monoisotopic (exact) mass is 242 g/mol. The summed E-state index contributed by atoms with van der Waals surface area (Å²) in [6.45, 7) is 0. The van der Waals surface area contributed by atoms with Gasteiger partial charge in [0.15, 0.2) is 5.78 Å². The number of hydrogen-bond acceptors (Lipinski definition) is 3. The lowest BCUT2D eigenvalue weighted by molar-refractivity contribution is -0.136. The molecular formula is C11H11ClO4. The first kappa shape index (κ1) is 12.5. The Labute approximate surface area is 97.8 Å². The van der Waals surface area contributed by atoms with E-state index in [1.165, 1.54) is 13.2 Å². The van der Waals surface area contributed by atoms with E-state index in [0.29, 0.717) is 11.3 Å². The van der Waals surface area contributed by atoms with Gasteiger partial charge >= 0.3 is 5.97 Å². The zero-order valence-corrected chi connectivity index (χ0v) is 9.40. The molecule has 1 atom stereocenters. The molecule has 0 aliphatic carbocycles. The Kier molecular flexibility index (Phi) is 4.31. The maximum absolute atomic E-state index is 11.7. The Morgan fingerprint density at radius 1 is 1.50 bits per heavy atom. The molecule has 1 aromatic carbocycles. The molecule has 1 N–H and O–H groups in total. The minimum Gasteiger partial charge on any atom is -0.497 e. The van der Waals surface area contributed by atoms with Crippen LogP contribution in [-0.4, -0.2) is 29.3 Å². The van der Waals surface area contributed by atoms with Crippen LogP contribution in [-0.2, 0) is 4.79 Å². The molecule has 0 saturated carbocycles. The van der Waals surface area contributed by atoms with Gasteiger partial charge in [-0.05, 0) is 12.1 Å². The van der Waals surface area contributed by atoms with Crippen molar-refractivity contribution in [1.29, 1.82) is 0 Å². The number of rotatable bonds is 5. The molecule has 16 heavy (non-hydrogen) atoms. The fraction of sp³-hybridized carbons (Fsp3) is 0.273. The molecule has 0 fully saturated rings. The number of ether oxygens (including phenoxy) is 1. The van der Waals surface area contributed by atoms with Crippen LogP contribution in [0.25, 0.3) is 0 Å². The van der Waals surface area contributed by atoms with Crippen LogP contribution >= 0.6 is 11.6 Å². The summed E-state index contributed by atoms with van der Waals surface area (Å²) < 4.78 is 4.95. The molecule has 1 unspecified atom stereocenters. The van der Waals surface area contributed by atoms with E-state index in [-0.39, 0.29) is 0 Å². The van der Waals surface area contributed by atoms with E-state index >= 15 is 0 Å². The van der Waals surface area contributed by atoms with Gasteiger partial charge in [0.25, 0.3) is 0 Å². The first-order chi connectivity index (χ1) is 7.54. The van der Waals surface area contributed by atoms with Crippen molar-refractivity contribution in [3.63, 3.8) is 0 Å². The smallest absolute Gasteiger partial charge is 0.305 e. The summed E-state index contributed by atoms with van der Waals surface area (Å²) in [6.07, 6.45) is -0.391. The van der Waals surface area contributed by atoms with Crippen molar-refractivity contribution in [2.45, 2.75) is 11.8 Å². The van der Waals surface area contributed by atoms with Crippen molar-refractivity contribution in [3.05, 3.63) is 29.8 Å². The first-order valence-electron chi connectivity index (χ1n) is 4.58. The Bertz CT molecular complexity index is 403. The standard InChI is InChI=1S/C11H11ClO4/c1-16-8-4-2-3-7(5-8)11(15)9(12)6-10(13)14/h2-5,9H,6H2,1H3,(H,13,14). The Balaban J connectivity index is 2.83. The largest absolute Gasteiger partial charge is 0.497 e. The highest BCUT2D eigenvalue weighted by Crippen LogP contribution is 2.17. The summed E-state index contributed by atoms with van der Waals surface area (Å²) in [6, 6.07) is 6.44. The van der Waals surface area contributed by atoms with E-state index < -0.39 is 23.6 Å². The van der Waals surface area contributed by atoms with E-state index in [2.05, 4.69) is 0 Å². The van der Waals surface area contributed by atoms with E-state index in [1.807, 2.05) is 0 Å². The Morgan fingerprint density at radius 2 is 2.19 bits per heavy atom. The van der Waals surface area contributed by atoms with Crippen molar-refractivity contribution in [2.75, 3.05) is 7.11 Å². The average Bonchev–Trinajstić information content (AvgIpc) is 2.27. The van der Waals surface area contributed by atoms with Gasteiger partial charge in [-0.3, -0.25) is 9.59 Å². The van der Waals surface area contributed by atoms with Crippen molar-refractivity contribution in [3.8, 4) is 5.75 Å². The molecule has 0 radical (unpaired) electrons. The summed E-state index contributed by atoms with van der Waals surface area (Å²) in [5, 5.41) is 7.47. The van der Waals surface area contributed by atoms with E-state index in [9.17, 15) is 9.59 Å². The fourth-order valence-electron chi connectivity index (χ4n) is 1.20. The third kappa shape index (κ3) is 3.24. The number of carboxylic acid groups (broad SMARTS) is 1. The van der Waals surface area contributed by atoms with Gasteiger partial charge in [-0.1, -0.05) is 12.1 Å². The number of carbonyl (C=O) groups is 2. The van der Waals surface area contributed by atoms with Crippen LogP contribution in [0.4, 0.5) is 0 Å². The molecule has 86 valence electrons. The van der Waals surface area contributed by atoms with Crippen LogP contribution in [0, 0.1) is 0 Å². The second-order valence-corrected chi connectivity index (χ2v) is 3.69. The number of benzene rings is 1. The molecular weight excluding hydrogens is 232 g/mol. The molecule has 0 aliphatic rings. The summed E-state index contributed by atoms with van der Waals surface area (Å²) >= 11 is 5.69. The van der Waals surface area contributed by atoms with E-state index in [0.717, 1.165) is 0 Å². The van der Waals surface area contributed by atoms with Crippen LogP contribution in [0.2, 0.25) is 0 Å². The van der Waals surface area contributed by atoms with Crippen LogP contribution in [0.15, 0.2) is 24.3 Å². The minimum atomic E-state index is -1.10. The second kappa shape index (κ2) is 5.51. The summed E-state index contributed by atoms with van der Waals surface area (Å²) in [5.74, 6) is -0.982. The number of carboxylic acids is 1. The lowest BCUT2D eigenvalue weighted by Crippen LogP contribution is -2.18. The predicted octanol–water partition coefficient (Wildman–Crippen LogP) is 1.96. The summed E-state index contributed by atoms with van der Waals surface area (Å²) in [7, 11) is 1.49. The van der Waals surface area contributed by atoms with Gasteiger partial charge in [-0.2, -0.15) is 0 Å². The zero-order valence-electron chi connectivity index (χ0n) is 8.64. The molecule has 4 nitrogen and oxygen atoms in total. The zero-order chi connectivity index (χ0) is 12.1. The van der Waals surface area contributed by atoms with Crippen LogP contribution in [0.3, 0.4) is 0 Å². The van der Waals surface area contributed by atoms with E-state index in [4.69, 9.17) is 21.4 Å². The fourth-order valence-corrected chi connectivity index (χ4v) is 1.46. The molecule has 5 heteroatoms. The molecule has 0 aliphatic heterocycles. The average molecular weight is 243 g/mol. The van der Waals surface area contributed by atoms with E-state index in [1.54, 1.807) is 18.2 Å². The lowest BCUT2D eigenvalue weighted by Gasteiger charge is -2.07. The molecule has 1 aromatic rings. The molecule has 1 rings (SSSR count). The number of methoxy groups -OCH3 is 1. The van der Waals surface area contributed by atoms with Gasteiger partial charge in [-0.15, -0.1) is 11.6 Å². The highest BCUT2D eigenvalue weighted by atomic mass is 35.5. The summed E-state index contributed by atoms with van der Waals surface area (Å²) in [5.41, 5.74) is 0.348. The van der Waals surface area contributed by atoms with Gasteiger partial charge in [0.1, 0.15) is 11.1 Å². The highest BCUT2D eigenvalue weighted by molar-refractivity contribution is 6.34. The summed E-state index contributed by atoms with van der Waals surface area (Å²) in [4.78, 5) is 22.1. The van der Waals surface area contributed by atoms with Crippen LogP contribution < -0.4 is 4.74 Å². The topological polar surface area (TPSA) is 63.6 Å². The number of halogens is 1. The van der Waals surface area contributed by atoms with Crippen molar-refractivity contribution < 1.29 is 19.4 Å². The lowest BCUT2D eigenvalue weighted by atomic mass is 10.1. The van der Waals surface area contributed by atoms with Crippen molar-refractivity contribution in [1.82, 2.24) is 0 Å². The van der Waals surface area contributed by atoms with Crippen molar-refractivity contribution >= 4 is 23.4 Å². The first-order valence-corrected chi connectivity index (χ1v) is 5.02. The Hall–Kier alpha value is -1.55. The van der Waals surface area contributed by atoms with Gasteiger partial charge < -0.3 is 9.84 Å². The third-order valence-corrected chi connectivity index (χ3v) is 2.35. The quantitative estimate of drug-likeness (QED) is 0.633. The second-order valence-electron chi connectivity index (χ2n) is 3.16. The number of hydrogen-bond donors (Lipinski definition) is 1. The normalized spacial score (nSPS) is 11.9. The van der Waals surface area contributed by atoms with Gasteiger partial charge in [-0.25, -0.2) is 0 Å². The maximum Gasteiger partial charge on any atom is 0.305 e. The number of aliphatic carboxylic acids is 1. The van der Waals surface area contributed by atoms with Crippen LogP contribution in [0.1, 0.15) is 16.8 Å². The number of carbonyl (C=O) groups excluding carboxylic acids is 1. The SMILES string of the molecule is COc1cccc(C(=O)C(Cl)CC(=O)O)c1. The van der Waals surface area contributed by atoms with Gasteiger partial charge in [0, 0.05) is 5.56 Å². The van der Waals surface area contributed by atoms with Gasteiger partial charge in [0.2, 0.25) is 0 Å². The molecule has 0 bridgehead atoms. The number of Topliss-reactive ketones (excluding diaryl/α,β-unsaturated/α-hetero) is 1. The molecule has 0 amide bonds. The Morgan fingerprint density at radius 3 is 2.75 bits per heavy atom. The minimum absolute atomic E-state index is 0.348. The molecule has 0 aromatic heterocycles. The molecule has 0 saturated heterocycles. The number of alkyl halides is 1. The van der Waals surface area contributed by atoms with Crippen molar-refractivity contribution in [2.24, 2.45) is 0 Å².